The Morgan fingerprint density at radius 1 is 1.18 bits per heavy atom. The van der Waals surface area contributed by atoms with Crippen molar-refractivity contribution in [3.05, 3.63) is 66.5 Å². The Morgan fingerprint density at radius 3 is 2.75 bits per heavy atom. The molecule has 3 aromatic rings. The van der Waals surface area contributed by atoms with Crippen LogP contribution in [0.25, 0.3) is 0 Å². The Bertz CT molecular complexity index is 927. The first-order valence-electron chi connectivity index (χ1n) is 9.08. The van der Waals surface area contributed by atoms with E-state index in [0.717, 1.165) is 18.5 Å². The van der Waals surface area contributed by atoms with Crippen molar-refractivity contribution >= 4 is 5.91 Å². The molecule has 1 amide bonds. The SMILES string of the molecule is COc1cncc(OC2CCN(C(=O)c3ccc(Cn4ccnc4)cc3)C2)n1. The van der Waals surface area contributed by atoms with Gasteiger partial charge >= 0.3 is 0 Å². The van der Waals surface area contributed by atoms with E-state index in [4.69, 9.17) is 9.47 Å². The first kappa shape index (κ1) is 18.0. The quantitative estimate of drug-likeness (QED) is 0.652. The summed E-state index contributed by atoms with van der Waals surface area (Å²) < 4.78 is 12.9. The zero-order valence-corrected chi connectivity index (χ0v) is 15.6. The van der Waals surface area contributed by atoms with Crippen molar-refractivity contribution in [2.75, 3.05) is 20.2 Å². The molecular weight excluding hydrogens is 358 g/mol. The molecule has 144 valence electrons. The topological polar surface area (TPSA) is 82.4 Å². The van der Waals surface area contributed by atoms with Crippen LogP contribution < -0.4 is 9.47 Å². The second-order valence-corrected chi connectivity index (χ2v) is 6.61. The number of hydrogen-bond donors (Lipinski definition) is 0. The minimum absolute atomic E-state index is 0.0111. The third kappa shape index (κ3) is 4.11. The molecule has 1 fully saturated rings. The van der Waals surface area contributed by atoms with E-state index in [9.17, 15) is 4.79 Å². The second kappa shape index (κ2) is 8.08. The lowest BCUT2D eigenvalue weighted by Crippen LogP contribution is -2.31. The molecule has 1 saturated heterocycles. The maximum Gasteiger partial charge on any atom is 0.253 e. The normalized spacial score (nSPS) is 16.2. The van der Waals surface area contributed by atoms with Gasteiger partial charge in [0.1, 0.15) is 6.10 Å². The summed E-state index contributed by atoms with van der Waals surface area (Å²) in [5, 5.41) is 0. The Morgan fingerprint density at radius 2 is 2.00 bits per heavy atom. The van der Waals surface area contributed by atoms with Crippen molar-refractivity contribution < 1.29 is 14.3 Å². The molecule has 1 atom stereocenters. The summed E-state index contributed by atoms with van der Waals surface area (Å²) in [5.41, 5.74) is 1.80. The number of imidazole rings is 1. The van der Waals surface area contributed by atoms with E-state index in [1.807, 2.05) is 39.9 Å². The minimum Gasteiger partial charge on any atom is -0.480 e. The Hall–Kier alpha value is -3.42. The van der Waals surface area contributed by atoms with Gasteiger partial charge in [-0.25, -0.2) is 4.98 Å². The van der Waals surface area contributed by atoms with Gasteiger partial charge in [0.05, 0.1) is 32.4 Å². The van der Waals surface area contributed by atoms with Crippen molar-refractivity contribution in [3.8, 4) is 11.8 Å². The number of carbonyl (C=O) groups is 1. The molecule has 1 aromatic carbocycles. The largest absolute Gasteiger partial charge is 0.480 e. The molecule has 8 heteroatoms. The van der Waals surface area contributed by atoms with Crippen LogP contribution in [0.5, 0.6) is 11.8 Å². The fraction of sp³-hybridized carbons (Fsp3) is 0.300. The van der Waals surface area contributed by atoms with E-state index in [2.05, 4.69) is 15.0 Å². The van der Waals surface area contributed by atoms with E-state index < -0.39 is 0 Å². The summed E-state index contributed by atoms with van der Waals surface area (Å²) >= 11 is 0. The van der Waals surface area contributed by atoms with Crippen LogP contribution in [0.4, 0.5) is 0 Å². The number of aromatic nitrogens is 4. The molecule has 0 aliphatic carbocycles. The zero-order chi connectivity index (χ0) is 19.3. The molecular formula is C20H21N5O3. The van der Waals surface area contributed by atoms with Crippen LogP contribution in [0, 0.1) is 0 Å². The lowest BCUT2D eigenvalue weighted by atomic mass is 10.1. The molecule has 28 heavy (non-hydrogen) atoms. The predicted molar refractivity (Wildman–Crippen MR) is 101 cm³/mol. The van der Waals surface area contributed by atoms with Gasteiger partial charge in [0.25, 0.3) is 5.91 Å². The lowest BCUT2D eigenvalue weighted by Gasteiger charge is -2.17. The molecule has 1 aliphatic rings. The average molecular weight is 379 g/mol. The first-order chi connectivity index (χ1) is 13.7. The summed E-state index contributed by atoms with van der Waals surface area (Å²) in [6.07, 6.45) is 9.15. The van der Waals surface area contributed by atoms with Crippen LogP contribution >= 0.6 is 0 Å². The van der Waals surface area contributed by atoms with E-state index in [-0.39, 0.29) is 12.0 Å². The number of benzene rings is 1. The number of rotatable bonds is 6. The third-order valence-corrected chi connectivity index (χ3v) is 4.64. The van der Waals surface area contributed by atoms with Crippen LogP contribution in [-0.4, -0.2) is 56.6 Å². The van der Waals surface area contributed by atoms with Crippen molar-refractivity contribution in [3.63, 3.8) is 0 Å². The maximum absolute atomic E-state index is 12.8. The van der Waals surface area contributed by atoms with Crippen LogP contribution in [-0.2, 0) is 6.54 Å². The highest BCUT2D eigenvalue weighted by atomic mass is 16.5. The number of likely N-dealkylation sites (tertiary alicyclic amines) is 1. The predicted octanol–water partition coefficient (Wildman–Crippen LogP) is 2.02. The summed E-state index contributed by atoms with van der Waals surface area (Å²) in [4.78, 5) is 26.9. The lowest BCUT2D eigenvalue weighted by molar-refractivity contribution is 0.0771. The van der Waals surface area contributed by atoms with Gasteiger partial charge in [-0.05, 0) is 17.7 Å². The van der Waals surface area contributed by atoms with Gasteiger partial charge in [-0.2, -0.15) is 4.98 Å². The molecule has 0 radical (unpaired) electrons. The molecule has 0 spiro atoms. The van der Waals surface area contributed by atoms with Crippen molar-refractivity contribution in [1.82, 2.24) is 24.4 Å². The van der Waals surface area contributed by atoms with Gasteiger partial charge in [-0.3, -0.25) is 9.78 Å². The van der Waals surface area contributed by atoms with Crippen LogP contribution in [0.1, 0.15) is 22.3 Å². The highest BCUT2D eigenvalue weighted by molar-refractivity contribution is 5.94. The Labute approximate surface area is 162 Å². The number of ether oxygens (including phenoxy) is 2. The Balaban J connectivity index is 1.35. The van der Waals surface area contributed by atoms with Crippen molar-refractivity contribution in [2.24, 2.45) is 0 Å². The van der Waals surface area contributed by atoms with E-state index in [1.54, 1.807) is 18.7 Å². The molecule has 0 bridgehead atoms. The number of methoxy groups -OCH3 is 1. The van der Waals surface area contributed by atoms with Gasteiger partial charge in [0.2, 0.25) is 11.8 Å². The van der Waals surface area contributed by atoms with Gasteiger partial charge < -0.3 is 18.9 Å². The average Bonchev–Trinajstić information content (AvgIpc) is 3.40. The van der Waals surface area contributed by atoms with E-state index in [1.165, 1.54) is 13.3 Å². The summed E-state index contributed by atoms with van der Waals surface area (Å²) in [5.74, 6) is 0.818. The first-order valence-corrected chi connectivity index (χ1v) is 9.08. The summed E-state index contributed by atoms with van der Waals surface area (Å²) in [7, 11) is 1.53. The highest BCUT2D eigenvalue weighted by Gasteiger charge is 2.28. The highest BCUT2D eigenvalue weighted by Crippen LogP contribution is 2.20. The molecule has 4 rings (SSSR count). The molecule has 1 unspecified atom stereocenters. The zero-order valence-electron chi connectivity index (χ0n) is 15.6. The molecule has 0 saturated carbocycles. The van der Waals surface area contributed by atoms with Gasteiger partial charge in [0.15, 0.2) is 0 Å². The molecule has 3 heterocycles. The standard InChI is InChI=1S/C20H21N5O3/c1-27-18-10-22-11-19(23-18)28-17-6-8-25(13-17)20(26)16-4-2-15(3-5-16)12-24-9-7-21-14-24/h2-5,7,9-11,14,17H,6,8,12-13H2,1H3. The van der Waals surface area contributed by atoms with Gasteiger partial charge in [0, 0.05) is 37.5 Å². The van der Waals surface area contributed by atoms with E-state index >= 15 is 0 Å². The number of carbonyl (C=O) groups excluding carboxylic acids is 1. The number of amides is 1. The van der Waals surface area contributed by atoms with Crippen LogP contribution in [0.3, 0.4) is 0 Å². The monoisotopic (exact) mass is 379 g/mol. The number of hydrogen-bond acceptors (Lipinski definition) is 6. The fourth-order valence-corrected chi connectivity index (χ4v) is 3.19. The molecule has 2 aromatic heterocycles. The molecule has 8 nitrogen and oxygen atoms in total. The van der Waals surface area contributed by atoms with Crippen LogP contribution in [0.2, 0.25) is 0 Å². The number of nitrogens with zero attached hydrogens (tertiary/aromatic N) is 5. The van der Waals surface area contributed by atoms with Crippen molar-refractivity contribution in [2.45, 2.75) is 19.1 Å². The van der Waals surface area contributed by atoms with Crippen molar-refractivity contribution in [1.29, 1.82) is 0 Å². The van der Waals surface area contributed by atoms with E-state index in [0.29, 0.717) is 30.4 Å². The Kier molecular flexibility index (Phi) is 5.18. The molecule has 0 N–H and O–H groups in total. The summed E-state index contributed by atoms with van der Waals surface area (Å²) in [6, 6.07) is 7.69. The summed E-state index contributed by atoms with van der Waals surface area (Å²) in [6.45, 7) is 1.90. The molecule has 1 aliphatic heterocycles. The van der Waals surface area contributed by atoms with Crippen LogP contribution in [0.15, 0.2) is 55.4 Å². The fourth-order valence-electron chi connectivity index (χ4n) is 3.19. The maximum atomic E-state index is 12.8. The minimum atomic E-state index is -0.106. The smallest absolute Gasteiger partial charge is 0.253 e. The van der Waals surface area contributed by atoms with Gasteiger partial charge in [-0.1, -0.05) is 12.1 Å². The third-order valence-electron chi connectivity index (χ3n) is 4.64. The second-order valence-electron chi connectivity index (χ2n) is 6.61. The van der Waals surface area contributed by atoms with Gasteiger partial charge in [-0.15, -0.1) is 0 Å².